The van der Waals surface area contributed by atoms with Crippen LogP contribution in [0.25, 0.3) is 0 Å². The van der Waals surface area contributed by atoms with Crippen molar-refractivity contribution < 1.29 is 0 Å². The number of aromatic nitrogens is 3. The fourth-order valence-corrected chi connectivity index (χ4v) is 90.8. The molecule has 0 N–H and O–H groups in total. The summed E-state index contributed by atoms with van der Waals surface area (Å²) >= 11 is -12.6. The Morgan fingerprint density at radius 2 is 0.303 bits per heavy atom. The zero-order valence-corrected chi connectivity index (χ0v) is 51.1. The van der Waals surface area contributed by atoms with Crippen LogP contribution in [0.3, 0.4) is 0 Å². The van der Waals surface area contributed by atoms with Gasteiger partial charge < -0.3 is 0 Å². The molecule has 9 heteroatoms. The van der Waals surface area contributed by atoms with Gasteiger partial charge in [0.05, 0.1) is 0 Å². The molecule has 372 valence electrons. The van der Waals surface area contributed by atoms with E-state index in [4.69, 9.17) is 0 Å². The molecule has 1 heterocycles. The summed E-state index contributed by atoms with van der Waals surface area (Å²) in [6.45, 7) is 0. The van der Waals surface area contributed by atoms with Gasteiger partial charge in [-0.1, -0.05) is 0 Å². The Bertz CT molecular complexity index is 1490. The number of hydrogen-bond acceptors (Lipinski definition) is 3. The Hall–Kier alpha value is 0.806. The second-order valence-corrected chi connectivity index (χ2v) is 65.5. The molecule has 9 fully saturated rings. The SMILES string of the molecule is O=c1[n]([Sn]([CH]2CCCCC2)([CH]2CCCCC2)[CH]2CCCCC2)c(=O)[n]([Sn]([CH]2CCCCC2)([CH]2CCCCC2)[CH]2CCCCC2)c(=O)[n]1[Sn]([CH]1CCCCC1)([CH]1CCCCC1)[CH]1CCCCC1. The average molecular weight is 1230 g/mol. The van der Waals surface area contributed by atoms with Crippen molar-refractivity contribution in [2.45, 2.75) is 324 Å². The van der Waals surface area contributed by atoms with Gasteiger partial charge in [-0.05, 0) is 0 Å². The second kappa shape index (κ2) is 23.3. The van der Waals surface area contributed by atoms with Crippen LogP contribution in [-0.2, 0) is 0 Å². The third-order valence-electron chi connectivity index (χ3n) is 22.6. The molecule has 9 aliphatic rings. The van der Waals surface area contributed by atoms with E-state index in [0.29, 0.717) is 35.4 Å². The zero-order valence-electron chi connectivity index (χ0n) is 42.6. The van der Waals surface area contributed by atoms with Crippen molar-refractivity contribution in [3.05, 3.63) is 31.5 Å². The topological polar surface area (TPSA) is 66.0 Å². The van der Waals surface area contributed by atoms with E-state index in [-0.39, 0.29) is 17.1 Å². The first-order valence-electron chi connectivity index (χ1n) is 30.6. The molecule has 0 amide bonds. The van der Waals surface area contributed by atoms with Crippen molar-refractivity contribution in [2.24, 2.45) is 0 Å². The predicted molar refractivity (Wildman–Crippen MR) is 284 cm³/mol. The standard InChI is InChI=1S/9C6H11.C3H3N3O3.3Sn/c9*1-2-4-6-5-3-1;7-1-4-2(8)6-3(9)5-1;;;/h9*1H,2-6H2;(H3,4,5,6,7,8,9);;;/q;;;;;;;;;;3*+1/p-3. The summed E-state index contributed by atoms with van der Waals surface area (Å²) in [6, 6.07) is 0. The van der Waals surface area contributed by atoms with Gasteiger partial charge in [-0.15, -0.1) is 0 Å². The fourth-order valence-electron chi connectivity index (χ4n) is 20.3. The minimum absolute atomic E-state index is 0.160. The van der Waals surface area contributed by atoms with Crippen LogP contribution in [-0.4, -0.2) is 64.3 Å². The zero-order chi connectivity index (χ0) is 45.0. The van der Waals surface area contributed by atoms with Crippen LogP contribution in [0, 0.1) is 0 Å². The van der Waals surface area contributed by atoms with E-state index >= 15 is 14.4 Å². The molecule has 1 aromatic rings. The Labute approximate surface area is 416 Å². The summed E-state index contributed by atoms with van der Waals surface area (Å²) in [5, 5.41) is 0. The molecule has 1 aromatic heterocycles. The predicted octanol–water partition coefficient (Wildman–Crippen LogP) is 16.6. The van der Waals surface area contributed by atoms with E-state index in [9.17, 15) is 0 Å². The van der Waals surface area contributed by atoms with E-state index in [1.165, 1.54) is 289 Å². The Balaban J connectivity index is 1.39. The summed E-state index contributed by atoms with van der Waals surface area (Å²) in [5.41, 5.74) is 0.479. The van der Waals surface area contributed by atoms with Gasteiger partial charge in [-0.25, -0.2) is 0 Å². The molecule has 0 unspecified atom stereocenters. The number of rotatable bonds is 12. The van der Waals surface area contributed by atoms with Crippen LogP contribution in [0.4, 0.5) is 0 Å². The molecule has 0 bridgehead atoms. The van der Waals surface area contributed by atoms with Crippen molar-refractivity contribution in [3.8, 4) is 0 Å². The summed E-state index contributed by atoms with van der Waals surface area (Å²) in [6.07, 6.45) is 58.4. The summed E-state index contributed by atoms with van der Waals surface area (Å²) in [7, 11) is 0. The Morgan fingerprint density at radius 1 is 0.197 bits per heavy atom. The van der Waals surface area contributed by atoms with Gasteiger partial charge in [-0.2, -0.15) is 0 Å². The third kappa shape index (κ3) is 9.26. The number of hydrogen-bond donors (Lipinski definition) is 0. The quantitative estimate of drug-likeness (QED) is 0.196. The van der Waals surface area contributed by atoms with Gasteiger partial charge in [0.15, 0.2) is 0 Å². The van der Waals surface area contributed by atoms with E-state index in [0.717, 1.165) is 0 Å². The monoisotopic (exact) mass is 1230 g/mol. The van der Waals surface area contributed by atoms with Gasteiger partial charge in [0.1, 0.15) is 0 Å². The molecule has 9 aliphatic carbocycles. The van der Waals surface area contributed by atoms with Gasteiger partial charge in [0.2, 0.25) is 0 Å². The van der Waals surface area contributed by atoms with Crippen molar-refractivity contribution >= 4 is 56.0 Å². The van der Waals surface area contributed by atoms with Gasteiger partial charge in [0, 0.05) is 0 Å². The first-order valence-corrected chi connectivity index (χ1v) is 49.2. The van der Waals surface area contributed by atoms with Crippen LogP contribution < -0.4 is 17.1 Å². The van der Waals surface area contributed by atoms with E-state index < -0.39 is 56.0 Å². The molecule has 6 nitrogen and oxygen atoms in total. The molecule has 9 saturated carbocycles. The Kier molecular flexibility index (Phi) is 17.8. The van der Waals surface area contributed by atoms with Crippen molar-refractivity contribution in [1.82, 2.24) is 8.37 Å². The third-order valence-corrected chi connectivity index (χ3v) is 81.0. The van der Waals surface area contributed by atoms with Gasteiger partial charge in [-0.3, -0.25) is 0 Å². The molecule has 0 atom stereocenters. The van der Waals surface area contributed by atoms with E-state index in [2.05, 4.69) is 8.37 Å². The molecule has 0 aromatic carbocycles. The first-order chi connectivity index (χ1) is 32.5. The van der Waals surface area contributed by atoms with Gasteiger partial charge in [0.25, 0.3) is 0 Å². The minimum atomic E-state index is -4.19. The van der Waals surface area contributed by atoms with Crippen LogP contribution in [0.15, 0.2) is 14.4 Å². The van der Waals surface area contributed by atoms with Gasteiger partial charge >= 0.3 is 420 Å². The maximum absolute atomic E-state index is 17.8. The molecule has 66 heavy (non-hydrogen) atoms. The molecule has 0 saturated heterocycles. The molecular formula is C57H99N3O3Sn3. The summed E-state index contributed by atoms with van der Waals surface area (Å²) < 4.78 is 13.0. The van der Waals surface area contributed by atoms with Crippen LogP contribution >= 0.6 is 0 Å². The van der Waals surface area contributed by atoms with Crippen molar-refractivity contribution in [1.29, 1.82) is 0 Å². The van der Waals surface area contributed by atoms with Crippen molar-refractivity contribution in [2.75, 3.05) is 0 Å². The van der Waals surface area contributed by atoms with Crippen LogP contribution in [0.5, 0.6) is 0 Å². The molecule has 0 aliphatic heterocycles. The average Bonchev–Trinajstić information content (AvgIpc) is 3.40. The van der Waals surface area contributed by atoms with E-state index in [1.807, 2.05) is 0 Å². The molecule has 0 spiro atoms. The number of nitrogens with zero attached hydrogens (tertiary/aromatic N) is 3. The Morgan fingerprint density at radius 3 is 0.409 bits per heavy atom. The molecule has 0 radical (unpaired) electrons. The van der Waals surface area contributed by atoms with E-state index in [1.54, 1.807) is 0 Å². The normalized spacial score (nSPS) is 27.6. The summed E-state index contributed by atoms with van der Waals surface area (Å²) in [4.78, 5) is 53.4. The first kappa shape index (κ1) is 50.3. The van der Waals surface area contributed by atoms with Crippen LogP contribution in [0.2, 0.25) is 35.4 Å². The molecular weight excluding hydrogens is 1130 g/mol. The second-order valence-electron chi connectivity index (χ2n) is 25.5. The fraction of sp³-hybridized carbons (Fsp3) is 0.947. The maximum atomic E-state index is 17.8. The van der Waals surface area contributed by atoms with Crippen molar-refractivity contribution in [3.63, 3.8) is 0 Å². The summed E-state index contributed by atoms with van der Waals surface area (Å²) in [5.74, 6) is 0. The van der Waals surface area contributed by atoms with Crippen LogP contribution in [0.1, 0.15) is 289 Å². The molecule has 10 rings (SSSR count).